The number of carbonyl (C=O) groups excluding carboxylic acids is 1. The predicted molar refractivity (Wildman–Crippen MR) is 116 cm³/mol. The molecule has 0 spiro atoms. The van der Waals surface area contributed by atoms with Crippen LogP contribution in [0, 0.1) is 0 Å². The summed E-state index contributed by atoms with van der Waals surface area (Å²) >= 11 is 0. The van der Waals surface area contributed by atoms with Crippen LogP contribution in [0.3, 0.4) is 0 Å². The molecular weight excluding hydrogens is 402 g/mol. The van der Waals surface area contributed by atoms with Gasteiger partial charge in [-0.3, -0.25) is 14.6 Å². The molecule has 0 saturated carbocycles. The number of fused-ring (bicyclic) bond motifs is 1. The Morgan fingerprint density at radius 3 is 2.35 bits per heavy atom. The molecule has 0 aliphatic carbocycles. The first kappa shape index (κ1) is 21.0. The molecule has 1 amide bonds. The van der Waals surface area contributed by atoms with Crippen LogP contribution in [-0.4, -0.2) is 75.3 Å². The van der Waals surface area contributed by atoms with E-state index >= 15 is 0 Å². The number of aromatic nitrogens is 2. The molecule has 0 bridgehead atoms. The molecule has 10 nitrogen and oxygen atoms in total. The number of aromatic amines is 1. The number of ether oxygens (including phenoxy) is 3. The summed E-state index contributed by atoms with van der Waals surface area (Å²) in [6.45, 7) is 3.25. The molecular formula is C21H27N5O5. The zero-order valence-corrected chi connectivity index (χ0v) is 18.2. The molecule has 0 radical (unpaired) electrons. The van der Waals surface area contributed by atoms with Gasteiger partial charge in [-0.15, -0.1) is 0 Å². The number of piperazine rings is 1. The number of anilines is 2. The van der Waals surface area contributed by atoms with Crippen LogP contribution in [0.2, 0.25) is 0 Å². The van der Waals surface area contributed by atoms with E-state index in [1.807, 2.05) is 4.90 Å². The van der Waals surface area contributed by atoms with Gasteiger partial charge in [-0.25, -0.2) is 0 Å². The van der Waals surface area contributed by atoms with E-state index in [0.29, 0.717) is 34.3 Å². The van der Waals surface area contributed by atoms with Crippen molar-refractivity contribution in [2.75, 3.05) is 64.8 Å². The minimum Gasteiger partial charge on any atom is -0.493 e. The molecule has 166 valence electrons. The summed E-state index contributed by atoms with van der Waals surface area (Å²) in [6, 6.07) is 3.53. The molecule has 2 aromatic rings. The molecule has 2 N–H and O–H groups in total. The van der Waals surface area contributed by atoms with Gasteiger partial charge in [-0.05, 0) is 13.1 Å². The number of nitrogens with zero attached hydrogens (tertiary/aromatic N) is 3. The zero-order chi connectivity index (χ0) is 22.1. The summed E-state index contributed by atoms with van der Waals surface area (Å²) in [4.78, 5) is 37.5. The summed E-state index contributed by atoms with van der Waals surface area (Å²) < 4.78 is 16.4. The van der Waals surface area contributed by atoms with E-state index in [2.05, 4.69) is 27.2 Å². The third-order valence-corrected chi connectivity index (χ3v) is 5.85. The lowest BCUT2D eigenvalue weighted by Gasteiger charge is -2.33. The number of rotatable bonds is 5. The van der Waals surface area contributed by atoms with E-state index in [9.17, 15) is 9.59 Å². The monoisotopic (exact) mass is 429 g/mol. The third-order valence-electron chi connectivity index (χ3n) is 5.85. The lowest BCUT2D eigenvalue weighted by atomic mass is 9.86. The Hall–Kier alpha value is -3.27. The molecule has 1 fully saturated rings. The Bertz CT molecular complexity index is 1050. The number of likely N-dealkylation sites (N-methyl/N-ethyl adjacent to an activating group) is 1. The van der Waals surface area contributed by atoms with Gasteiger partial charge in [0.05, 0.1) is 26.9 Å². The smallest absolute Gasteiger partial charge is 0.258 e. The van der Waals surface area contributed by atoms with Gasteiger partial charge < -0.3 is 29.3 Å². The topological polar surface area (TPSA) is 109 Å². The van der Waals surface area contributed by atoms with Crippen LogP contribution in [0.15, 0.2) is 16.9 Å². The Kier molecular flexibility index (Phi) is 5.73. The van der Waals surface area contributed by atoms with E-state index in [1.54, 1.807) is 12.1 Å². The molecule has 4 rings (SSSR count). The number of methoxy groups -OCH3 is 3. The Balaban J connectivity index is 1.80. The lowest BCUT2D eigenvalue weighted by molar-refractivity contribution is -0.116. The first-order chi connectivity index (χ1) is 15.0. The number of benzene rings is 1. The van der Waals surface area contributed by atoms with E-state index in [-0.39, 0.29) is 23.7 Å². The fourth-order valence-corrected chi connectivity index (χ4v) is 4.19. The van der Waals surface area contributed by atoms with Gasteiger partial charge in [0.1, 0.15) is 5.82 Å². The second kappa shape index (κ2) is 8.46. The molecule has 10 heteroatoms. The van der Waals surface area contributed by atoms with E-state index < -0.39 is 5.92 Å². The Labute approximate surface area is 180 Å². The maximum Gasteiger partial charge on any atom is 0.258 e. The van der Waals surface area contributed by atoms with Crippen molar-refractivity contribution in [2.24, 2.45) is 0 Å². The molecule has 3 heterocycles. The summed E-state index contributed by atoms with van der Waals surface area (Å²) in [5.41, 5.74) is 0.791. The largest absolute Gasteiger partial charge is 0.493 e. The van der Waals surface area contributed by atoms with Crippen molar-refractivity contribution < 1.29 is 19.0 Å². The van der Waals surface area contributed by atoms with Gasteiger partial charge >= 0.3 is 0 Å². The van der Waals surface area contributed by atoms with Crippen molar-refractivity contribution in [1.29, 1.82) is 0 Å². The minimum absolute atomic E-state index is 0.0947. The Morgan fingerprint density at radius 1 is 1.00 bits per heavy atom. The molecule has 31 heavy (non-hydrogen) atoms. The summed E-state index contributed by atoms with van der Waals surface area (Å²) in [5.74, 6) is 1.35. The fraction of sp³-hybridized carbons (Fsp3) is 0.476. The second-order valence-electron chi connectivity index (χ2n) is 7.67. The Morgan fingerprint density at radius 2 is 1.71 bits per heavy atom. The van der Waals surface area contributed by atoms with E-state index in [4.69, 9.17) is 14.2 Å². The van der Waals surface area contributed by atoms with Gasteiger partial charge in [0.2, 0.25) is 17.6 Å². The third kappa shape index (κ3) is 3.78. The fourth-order valence-electron chi connectivity index (χ4n) is 4.19. The van der Waals surface area contributed by atoms with Crippen LogP contribution < -0.4 is 30.0 Å². The lowest BCUT2D eigenvalue weighted by Crippen LogP contribution is -2.46. The number of H-pyrrole nitrogens is 1. The molecule has 0 unspecified atom stereocenters. The van der Waals surface area contributed by atoms with Crippen molar-refractivity contribution in [1.82, 2.24) is 14.9 Å². The molecule has 1 aromatic carbocycles. The summed E-state index contributed by atoms with van der Waals surface area (Å²) in [5, 5.41) is 2.77. The number of hydrogen-bond donors (Lipinski definition) is 2. The quantitative estimate of drug-likeness (QED) is 0.725. The van der Waals surface area contributed by atoms with Crippen molar-refractivity contribution in [3.63, 3.8) is 0 Å². The highest BCUT2D eigenvalue weighted by atomic mass is 16.5. The molecule has 2 aliphatic rings. The van der Waals surface area contributed by atoms with Gasteiger partial charge in [0.15, 0.2) is 11.5 Å². The highest BCUT2D eigenvalue weighted by molar-refractivity contribution is 5.94. The normalized spacial score (nSPS) is 18.9. The molecule has 1 aromatic heterocycles. The first-order valence-electron chi connectivity index (χ1n) is 10.1. The van der Waals surface area contributed by atoms with Crippen LogP contribution >= 0.6 is 0 Å². The molecule has 2 aliphatic heterocycles. The standard InChI is InChI=1S/C21H27N5O5/c1-25-7-9-26(10-8-25)21-23-19-16(20(28)24-21)13(11-15(27)22-19)12-5-6-14(29-2)18(31-4)17(12)30-3/h5-6,13H,7-11H2,1-4H3,(H2,22,23,24,27,28)/t13-/m0/s1. The maximum absolute atomic E-state index is 13.2. The van der Waals surface area contributed by atoms with Crippen LogP contribution in [0.25, 0.3) is 0 Å². The average molecular weight is 429 g/mol. The van der Waals surface area contributed by atoms with Crippen molar-refractivity contribution in [3.05, 3.63) is 33.6 Å². The number of hydrogen-bond acceptors (Lipinski definition) is 8. The number of nitrogens with one attached hydrogen (secondary N) is 2. The van der Waals surface area contributed by atoms with Gasteiger partial charge in [-0.1, -0.05) is 6.07 Å². The van der Waals surface area contributed by atoms with Crippen LogP contribution in [0.4, 0.5) is 11.8 Å². The van der Waals surface area contributed by atoms with Crippen LogP contribution in [0.1, 0.15) is 23.5 Å². The number of carbonyl (C=O) groups is 1. The van der Waals surface area contributed by atoms with Gasteiger partial charge in [-0.2, -0.15) is 4.98 Å². The van der Waals surface area contributed by atoms with Crippen molar-refractivity contribution in [2.45, 2.75) is 12.3 Å². The van der Waals surface area contributed by atoms with Crippen LogP contribution in [0.5, 0.6) is 17.2 Å². The summed E-state index contributed by atoms with van der Waals surface area (Å²) in [6.07, 6.45) is 0.0947. The van der Waals surface area contributed by atoms with Gasteiger partial charge in [0.25, 0.3) is 5.56 Å². The van der Waals surface area contributed by atoms with Crippen LogP contribution in [-0.2, 0) is 4.79 Å². The maximum atomic E-state index is 13.2. The average Bonchev–Trinajstić information content (AvgIpc) is 2.77. The SMILES string of the molecule is COc1ccc([C@@H]2CC(=O)Nc3nc(N4CCN(C)CC4)[nH]c(=O)c32)c(OC)c1OC. The van der Waals surface area contributed by atoms with Crippen molar-refractivity contribution in [3.8, 4) is 17.2 Å². The predicted octanol–water partition coefficient (Wildman–Crippen LogP) is 1.02. The molecule has 1 saturated heterocycles. The highest BCUT2D eigenvalue weighted by Gasteiger charge is 2.34. The van der Waals surface area contributed by atoms with Gasteiger partial charge in [0, 0.05) is 44.1 Å². The number of amides is 1. The van der Waals surface area contributed by atoms with E-state index in [1.165, 1.54) is 21.3 Å². The van der Waals surface area contributed by atoms with E-state index in [0.717, 1.165) is 26.2 Å². The van der Waals surface area contributed by atoms with Crippen molar-refractivity contribution >= 4 is 17.7 Å². The minimum atomic E-state index is -0.531. The first-order valence-corrected chi connectivity index (χ1v) is 10.1. The summed E-state index contributed by atoms with van der Waals surface area (Å²) in [7, 11) is 6.63. The molecule has 1 atom stereocenters. The second-order valence-corrected chi connectivity index (χ2v) is 7.67. The highest BCUT2D eigenvalue weighted by Crippen LogP contribution is 2.46. The zero-order valence-electron chi connectivity index (χ0n) is 18.2.